The molecule has 0 aromatic heterocycles. The number of hydrogen-bond acceptors (Lipinski definition) is 3. The molecule has 0 aromatic carbocycles. The summed E-state index contributed by atoms with van der Waals surface area (Å²) in [6.45, 7) is 19.1. The van der Waals surface area contributed by atoms with E-state index in [1.165, 1.54) is 0 Å². The Hall–Kier alpha value is -0.120. The lowest BCUT2D eigenvalue weighted by Crippen LogP contribution is -2.63. The van der Waals surface area contributed by atoms with E-state index in [1.54, 1.807) is 0 Å². The van der Waals surface area contributed by atoms with Gasteiger partial charge in [0.05, 0.1) is 5.60 Å². The lowest BCUT2D eigenvalue weighted by atomic mass is 9.83. The minimum Gasteiger partial charge on any atom is -0.377 e. The van der Waals surface area contributed by atoms with Crippen molar-refractivity contribution in [2.45, 2.75) is 66.2 Å². The van der Waals surface area contributed by atoms with E-state index in [4.69, 9.17) is 4.74 Å². The Bertz CT molecular complexity index is 281. The highest BCUT2D eigenvalue weighted by Gasteiger charge is 2.37. The molecule has 19 heavy (non-hydrogen) atoms. The average molecular weight is 270 g/mol. The van der Waals surface area contributed by atoms with Gasteiger partial charge in [-0.3, -0.25) is 4.90 Å². The van der Waals surface area contributed by atoms with Crippen molar-refractivity contribution in [2.75, 3.05) is 26.7 Å². The van der Waals surface area contributed by atoms with Crippen molar-refractivity contribution in [3.8, 4) is 0 Å². The standard InChI is InChI=1S/C16H34N2O/c1-12(2)13-9-17-14(15(3,4)5)10-18(13)11-16(6,7)19-8/h12-14,17H,9-11H2,1-8H3. The summed E-state index contributed by atoms with van der Waals surface area (Å²) in [6, 6.07) is 1.16. The smallest absolute Gasteiger partial charge is 0.0749 e. The summed E-state index contributed by atoms with van der Waals surface area (Å²) in [5.41, 5.74) is 0.227. The number of nitrogens with one attached hydrogen (secondary N) is 1. The maximum absolute atomic E-state index is 5.63. The lowest BCUT2D eigenvalue weighted by Gasteiger charge is -2.48. The van der Waals surface area contributed by atoms with E-state index in [-0.39, 0.29) is 5.60 Å². The van der Waals surface area contributed by atoms with Crippen LogP contribution in [0.3, 0.4) is 0 Å². The van der Waals surface area contributed by atoms with Gasteiger partial charge in [0.15, 0.2) is 0 Å². The molecule has 1 aliphatic rings. The molecule has 114 valence electrons. The molecule has 1 fully saturated rings. The van der Waals surface area contributed by atoms with Gasteiger partial charge in [-0.25, -0.2) is 0 Å². The number of rotatable bonds is 4. The number of methoxy groups -OCH3 is 1. The van der Waals surface area contributed by atoms with E-state index >= 15 is 0 Å². The van der Waals surface area contributed by atoms with Gasteiger partial charge in [-0.15, -0.1) is 0 Å². The molecule has 0 aromatic rings. The van der Waals surface area contributed by atoms with E-state index in [0.29, 0.717) is 23.4 Å². The lowest BCUT2D eigenvalue weighted by molar-refractivity contribution is -0.0400. The van der Waals surface area contributed by atoms with Crippen LogP contribution in [-0.4, -0.2) is 49.3 Å². The first-order valence-electron chi connectivity index (χ1n) is 7.59. The largest absolute Gasteiger partial charge is 0.377 e. The first kappa shape index (κ1) is 16.9. The number of nitrogens with zero attached hydrogens (tertiary/aromatic N) is 1. The molecule has 2 unspecified atom stereocenters. The molecule has 3 heteroatoms. The summed E-state index contributed by atoms with van der Waals surface area (Å²) < 4.78 is 5.63. The van der Waals surface area contributed by atoms with E-state index < -0.39 is 0 Å². The Balaban J connectivity index is 2.79. The average Bonchev–Trinajstić information content (AvgIpc) is 2.27. The summed E-state index contributed by atoms with van der Waals surface area (Å²) >= 11 is 0. The summed E-state index contributed by atoms with van der Waals surface area (Å²) in [6.07, 6.45) is 0. The van der Waals surface area contributed by atoms with Crippen molar-refractivity contribution >= 4 is 0 Å². The Morgan fingerprint density at radius 1 is 1.21 bits per heavy atom. The minimum atomic E-state index is -0.0765. The molecule has 0 spiro atoms. The Kier molecular flexibility index (Phi) is 5.44. The summed E-state index contributed by atoms with van der Waals surface area (Å²) in [5, 5.41) is 3.74. The van der Waals surface area contributed by atoms with Crippen LogP contribution in [0, 0.1) is 11.3 Å². The van der Waals surface area contributed by atoms with Crippen LogP contribution in [0.15, 0.2) is 0 Å². The van der Waals surface area contributed by atoms with Gasteiger partial charge in [0.25, 0.3) is 0 Å². The Morgan fingerprint density at radius 2 is 1.79 bits per heavy atom. The number of ether oxygens (including phenoxy) is 1. The summed E-state index contributed by atoms with van der Waals surface area (Å²) in [4.78, 5) is 2.63. The maximum Gasteiger partial charge on any atom is 0.0749 e. The first-order chi connectivity index (χ1) is 8.57. The van der Waals surface area contributed by atoms with Crippen LogP contribution in [0.5, 0.6) is 0 Å². The SMILES string of the molecule is COC(C)(C)CN1CC(C(C)(C)C)NCC1C(C)C. The molecule has 1 rings (SSSR count). The topological polar surface area (TPSA) is 24.5 Å². The third kappa shape index (κ3) is 4.73. The van der Waals surface area contributed by atoms with Crippen molar-refractivity contribution in [1.82, 2.24) is 10.2 Å². The predicted molar refractivity (Wildman–Crippen MR) is 82.5 cm³/mol. The fraction of sp³-hybridized carbons (Fsp3) is 1.00. The van der Waals surface area contributed by atoms with Gasteiger partial charge in [-0.05, 0) is 25.2 Å². The highest BCUT2D eigenvalue weighted by Crippen LogP contribution is 2.27. The second-order valence-corrected chi connectivity index (χ2v) is 8.03. The molecule has 0 amide bonds. The van der Waals surface area contributed by atoms with Crippen LogP contribution in [0.1, 0.15) is 48.5 Å². The predicted octanol–water partition coefficient (Wildman–Crippen LogP) is 2.76. The van der Waals surface area contributed by atoms with E-state index in [1.807, 2.05) is 7.11 Å². The van der Waals surface area contributed by atoms with Gasteiger partial charge in [-0.2, -0.15) is 0 Å². The normalized spacial score (nSPS) is 27.0. The molecule has 1 aliphatic heterocycles. The van der Waals surface area contributed by atoms with Crippen LogP contribution in [-0.2, 0) is 4.74 Å². The third-order valence-corrected chi connectivity index (χ3v) is 4.41. The molecular formula is C16H34N2O. The number of hydrogen-bond donors (Lipinski definition) is 1. The van der Waals surface area contributed by atoms with Crippen LogP contribution < -0.4 is 5.32 Å². The zero-order valence-electron chi connectivity index (χ0n) is 14.2. The van der Waals surface area contributed by atoms with Crippen molar-refractivity contribution in [1.29, 1.82) is 0 Å². The van der Waals surface area contributed by atoms with E-state index in [9.17, 15) is 0 Å². The van der Waals surface area contributed by atoms with Gasteiger partial charge in [-0.1, -0.05) is 34.6 Å². The van der Waals surface area contributed by atoms with Crippen LogP contribution in [0.4, 0.5) is 0 Å². The maximum atomic E-state index is 5.63. The molecule has 1 heterocycles. The fourth-order valence-electron chi connectivity index (χ4n) is 2.80. The fourth-order valence-corrected chi connectivity index (χ4v) is 2.80. The monoisotopic (exact) mass is 270 g/mol. The molecule has 0 aliphatic carbocycles. The highest BCUT2D eigenvalue weighted by atomic mass is 16.5. The van der Waals surface area contributed by atoms with Crippen LogP contribution in [0.25, 0.3) is 0 Å². The van der Waals surface area contributed by atoms with Crippen LogP contribution in [0.2, 0.25) is 0 Å². The molecule has 1 N–H and O–H groups in total. The zero-order valence-corrected chi connectivity index (χ0v) is 14.2. The first-order valence-corrected chi connectivity index (χ1v) is 7.59. The second kappa shape index (κ2) is 6.11. The Labute approximate surface area is 120 Å². The van der Waals surface area contributed by atoms with Gasteiger partial charge in [0.2, 0.25) is 0 Å². The zero-order chi connectivity index (χ0) is 14.8. The quantitative estimate of drug-likeness (QED) is 0.850. The molecule has 0 radical (unpaired) electrons. The van der Waals surface area contributed by atoms with Crippen molar-refractivity contribution < 1.29 is 4.74 Å². The molecule has 0 bridgehead atoms. The third-order valence-electron chi connectivity index (χ3n) is 4.41. The second-order valence-electron chi connectivity index (χ2n) is 8.03. The van der Waals surface area contributed by atoms with Crippen molar-refractivity contribution in [3.63, 3.8) is 0 Å². The van der Waals surface area contributed by atoms with Gasteiger partial charge in [0, 0.05) is 38.8 Å². The van der Waals surface area contributed by atoms with Gasteiger partial charge >= 0.3 is 0 Å². The van der Waals surface area contributed by atoms with Crippen LogP contribution >= 0.6 is 0 Å². The van der Waals surface area contributed by atoms with Gasteiger partial charge < -0.3 is 10.1 Å². The molecule has 2 atom stereocenters. The van der Waals surface area contributed by atoms with Gasteiger partial charge in [0.1, 0.15) is 0 Å². The van der Waals surface area contributed by atoms with E-state index in [0.717, 1.165) is 19.6 Å². The minimum absolute atomic E-state index is 0.0765. The van der Waals surface area contributed by atoms with Crippen molar-refractivity contribution in [3.05, 3.63) is 0 Å². The van der Waals surface area contributed by atoms with E-state index in [2.05, 4.69) is 58.7 Å². The number of piperazine rings is 1. The highest BCUT2D eigenvalue weighted by molar-refractivity contribution is 4.94. The molecule has 3 nitrogen and oxygen atoms in total. The molecule has 0 saturated carbocycles. The molecular weight excluding hydrogens is 236 g/mol. The summed E-state index contributed by atoms with van der Waals surface area (Å²) in [7, 11) is 1.81. The van der Waals surface area contributed by atoms with Crippen molar-refractivity contribution in [2.24, 2.45) is 11.3 Å². The Morgan fingerprint density at radius 3 is 2.21 bits per heavy atom. The summed E-state index contributed by atoms with van der Waals surface area (Å²) in [5.74, 6) is 0.668. The molecule has 1 saturated heterocycles.